The van der Waals surface area contributed by atoms with Crippen molar-refractivity contribution in [1.82, 2.24) is 14.6 Å². The molecule has 0 aliphatic carbocycles. The molecule has 1 aliphatic rings. The van der Waals surface area contributed by atoms with Crippen molar-refractivity contribution in [3.05, 3.63) is 29.6 Å². The molecule has 2 heterocycles. The molecule has 1 fully saturated rings. The van der Waals surface area contributed by atoms with E-state index in [1.54, 1.807) is 25.7 Å². The van der Waals surface area contributed by atoms with Gasteiger partial charge in [-0.05, 0) is 92.7 Å². The monoisotopic (exact) mass is 505 g/mol. The maximum absolute atomic E-state index is 13.2. The molecule has 1 N–H and O–H groups in total. The van der Waals surface area contributed by atoms with E-state index >= 15 is 0 Å². The summed E-state index contributed by atoms with van der Waals surface area (Å²) in [6.45, 7) is 15.3. The summed E-state index contributed by atoms with van der Waals surface area (Å²) in [4.78, 5) is 18.3. The minimum absolute atomic E-state index is 0.126. The van der Waals surface area contributed by atoms with Crippen molar-refractivity contribution < 1.29 is 27.3 Å². The number of nitrogens with zero attached hydrogens (tertiary/aromatic N) is 2. The Bertz CT molecular complexity index is 850. The molecule has 3 atom stereocenters. The average molecular weight is 506 g/mol. The van der Waals surface area contributed by atoms with Crippen molar-refractivity contribution >= 4 is 17.5 Å². The van der Waals surface area contributed by atoms with Crippen molar-refractivity contribution in [1.29, 1.82) is 0 Å². The SMILES string of the molecule is CC(C)(C)OC(=O)N1C[C@@H](CCC(N[S+]([O-])C(C)(C)C)c2cccc(C(F)(F)F)n2)CC1(C)C. The maximum Gasteiger partial charge on any atom is 0.433 e. The van der Waals surface area contributed by atoms with E-state index in [0.29, 0.717) is 19.4 Å². The molecule has 2 rings (SSSR count). The van der Waals surface area contributed by atoms with E-state index in [2.05, 4.69) is 9.71 Å². The second kappa shape index (κ2) is 10.2. The smallest absolute Gasteiger partial charge is 0.433 e. The lowest BCUT2D eigenvalue weighted by atomic mass is 9.91. The zero-order valence-electron chi connectivity index (χ0n) is 21.4. The van der Waals surface area contributed by atoms with E-state index < -0.39 is 45.2 Å². The molecule has 1 saturated heterocycles. The summed E-state index contributed by atoms with van der Waals surface area (Å²) in [7, 11) is 0. The zero-order valence-corrected chi connectivity index (χ0v) is 22.2. The highest BCUT2D eigenvalue weighted by atomic mass is 32.2. The van der Waals surface area contributed by atoms with Crippen molar-refractivity contribution in [2.45, 2.75) is 103 Å². The van der Waals surface area contributed by atoms with Gasteiger partial charge < -0.3 is 14.2 Å². The summed E-state index contributed by atoms with van der Waals surface area (Å²) in [5.74, 6) is 0.126. The minimum atomic E-state index is -4.56. The van der Waals surface area contributed by atoms with Crippen LogP contribution in [0, 0.1) is 5.92 Å². The number of halogens is 3. The Morgan fingerprint density at radius 2 is 1.88 bits per heavy atom. The molecular formula is C24H38F3N3O3S. The molecule has 1 aliphatic heterocycles. The lowest BCUT2D eigenvalue weighted by Gasteiger charge is -2.33. The van der Waals surface area contributed by atoms with Gasteiger partial charge in [-0.15, -0.1) is 4.72 Å². The van der Waals surface area contributed by atoms with Gasteiger partial charge in [-0.2, -0.15) is 13.2 Å². The molecule has 0 spiro atoms. The van der Waals surface area contributed by atoms with Crippen LogP contribution in [-0.4, -0.2) is 43.0 Å². The standard InChI is InChI=1S/C24H38F3N3O3S/c1-21(2,3)33-20(31)30-15-16(14-23(30,7)8)12-13-18(29-34(32)22(4,5)6)17-10-9-11-19(28-17)24(25,26)27/h9-11,16,18,29H,12-15H2,1-8H3/t16-,18?,34?/m0/s1. The number of carbonyl (C=O) groups is 1. The second-order valence-electron chi connectivity index (χ2n) is 11.5. The van der Waals surface area contributed by atoms with Crippen molar-refractivity contribution in [3.8, 4) is 0 Å². The maximum atomic E-state index is 13.2. The molecule has 1 amide bonds. The van der Waals surface area contributed by atoms with Crippen LogP contribution in [0.15, 0.2) is 18.2 Å². The van der Waals surface area contributed by atoms with Crippen LogP contribution in [0.5, 0.6) is 0 Å². The van der Waals surface area contributed by atoms with Gasteiger partial charge in [-0.1, -0.05) is 6.07 Å². The molecule has 194 valence electrons. The van der Waals surface area contributed by atoms with Crippen LogP contribution in [0.25, 0.3) is 0 Å². The Morgan fingerprint density at radius 1 is 1.26 bits per heavy atom. The number of pyridine rings is 1. The number of rotatable bonds is 6. The quantitative estimate of drug-likeness (QED) is 0.479. The zero-order chi connectivity index (χ0) is 26.1. The van der Waals surface area contributed by atoms with Crippen LogP contribution in [0.3, 0.4) is 0 Å². The number of hydrogen-bond donors (Lipinski definition) is 1. The van der Waals surface area contributed by atoms with Crippen LogP contribution in [0.2, 0.25) is 0 Å². The van der Waals surface area contributed by atoms with Gasteiger partial charge in [0, 0.05) is 23.4 Å². The third-order valence-corrected chi connectivity index (χ3v) is 7.27. The number of carbonyl (C=O) groups excluding carboxylic acids is 1. The van der Waals surface area contributed by atoms with Crippen molar-refractivity contribution in [3.63, 3.8) is 0 Å². The van der Waals surface area contributed by atoms with Gasteiger partial charge >= 0.3 is 12.3 Å². The summed E-state index contributed by atoms with van der Waals surface area (Å²) in [6.07, 6.45) is -3.15. The van der Waals surface area contributed by atoms with Gasteiger partial charge in [0.15, 0.2) is 0 Å². The van der Waals surface area contributed by atoms with E-state index in [4.69, 9.17) is 4.74 Å². The fraction of sp³-hybridized carbons (Fsp3) is 0.750. The Balaban J connectivity index is 2.19. The van der Waals surface area contributed by atoms with Crippen LogP contribution in [0.4, 0.5) is 18.0 Å². The Kier molecular flexibility index (Phi) is 8.64. The van der Waals surface area contributed by atoms with E-state index in [9.17, 15) is 22.5 Å². The molecule has 0 radical (unpaired) electrons. The number of amides is 1. The first kappa shape index (κ1) is 28.7. The van der Waals surface area contributed by atoms with Gasteiger partial charge in [-0.3, -0.25) is 0 Å². The third-order valence-electron chi connectivity index (χ3n) is 5.66. The highest BCUT2D eigenvalue weighted by Gasteiger charge is 2.43. The summed E-state index contributed by atoms with van der Waals surface area (Å²) >= 11 is -1.50. The normalized spacial score (nSPS) is 20.8. The molecule has 10 heteroatoms. The highest BCUT2D eigenvalue weighted by Crippen LogP contribution is 2.38. The van der Waals surface area contributed by atoms with Gasteiger partial charge in [0.05, 0.1) is 11.7 Å². The van der Waals surface area contributed by atoms with Gasteiger partial charge in [0.25, 0.3) is 0 Å². The molecule has 1 aromatic rings. The molecular weight excluding hydrogens is 467 g/mol. The summed E-state index contributed by atoms with van der Waals surface area (Å²) in [6, 6.07) is 3.15. The first-order chi connectivity index (χ1) is 15.3. The molecule has 0 saturated carbocycles. The predicted molar refractivity (Wildman–Crippen MR) is 127 cm³/mol. The molecule has 2 unspecified atom stereocenters. The van der Waals surface area contributed by atoms with Crippen LogP contribution < -0.4 is 4.72 Å². The summed E-state index contributed by atoms with van der Waals surface area (Å²) < 4.78 is 60.5. The summed E-state index contributed by atoms with van der Waals surface area (Å²) in [5.41, 5.74) is -1.78. The highest BCUT2D eigenvalue weighted by molar-refractivity contribution is 7.90. The number of likely N-dealkylation sites (tertiary alicyclic amines) is 1. The molecule has 34 heavy (non-hydrogen) atoms. The van der Waals surface area contributed by atoms with E-state index in [1.807, 2.05) is 34.6 Å². The first-order valence-corrected chi connectivity index (χ1v) is 12.7. The number of alkyl halides is 3. The predicted octanol–water partition coefficient (Wildman–Crippen LogP) is 6.01. The molecule has 1 aromatic heterocycles. The largest absolute Gasteiger partial charge is 0.598 e. The molecule has 6 nitrogen and oxygen atoms in total. The Hall–Kier alpha value is -1.52. The fourth-order valence-corrected chi connectivity index (χ4v) is 4.85. The van der Waals surface area contributed by atoms with Crippen molar-refractivity contribution in [2.24, 2.45) is 5.92 Å². The number of hydrogen-bond acceptors (Lipinski definition) is 5. The van der Waals surface area contributed by atoms with Crippen LogP contribution in [0.1, 0.15) is 92.1 Å². The first-order valence-electron chi connectivity index (χ1n) is 11.5. The van der Waals surface area contributed by atoms with Crippen LogP contribution >= 0.6 is 0 Å². The Morgan fingerprint density at radius 3 is 2.41 bits per heavy atom. The summed E-state index contributed by atoms with van der Waals surface area (Å²) in [5, 5.41) is 0. The molecule has 0 bridgehead atoms. The van der Waals surface area contributed by atoms with Gasteiger partial charge in [-0.25, -0.2) is 9.78 Å². The number of aromatic nitrogens is 1. The average Bonchev–Trinajstić information content (AvgIpc) is 2.96. The lowest BCUT2D eigenvalue weighted by Crippen LogP contribution is -2.45. The fourth-order valence-electron chi connectivity index (χ4n) is 4.00. The lowest BCUT2D eigenvalue weighted by molar-refractivity contribution is -0.141. The van der Waals surface area contributed by atoms with E-state index in [0.717, 1.165) is 12.5 Å². The minimum Gasteiger partial charge on any atom is -0.598 e. The number of ether oxygens (including phenoxy) is 1. The van der Waals surface area contributed by atoms with Crippen LogP contribution in [-0.2, 0) is 22.3 Å². The second-order valence-corrected chi connectivity index (χ2v) is 13.5. The van der Waals surface area contributed by atoms with Crippen molar-refractivity contribution in [2.75, 3.05) is 6.54 Å². The van der Waals surface area contributed by atoms with E-state index in [1.165, 1.54) is 12.1 Å². The topological polar surface area (TPSA) is 77.5 Å². The molecule has 0 aromatic carbocycles. The van der Waals surface area contributed by atoms with E-state index in [-0.39, 0.29) is 17.7 Å². The third kappa shape index (κ3) is 8.02. The van der Waals surface area contributed by atoms with Gasteiger partial charge in [0.2, 0.25) is 0 Å². The Labute approximate surface area is 204 Å². The number of nitrogens with one attached hydrogen (secondary N) is 1. The van der Waals surface area contributed by atoms with Gasteiger partial charge in [0.1, 0.15) is 16.0 Å².